The fourth-order valence-corrected chi connectivity index (χ4v) is 2.11. The standard InChI is InChI=1S/C13H7Cl2N3O/c14-8-5-9(15)7-10(6-8)19-12-2-1-11-13(18-12)17-4-3-16-11/h1-7H. The lowest BCUT2D eigenvalue weighted by molar-refractivity contribution is 0.465. The van der Waals surface area contributed by atoms with Crippen LogP contribution in [0, 0.1) is 0 Å². The number of nitrogens with zero attached hydrogens (tertiary/aromatic N) is 3. The molecule has 19 heavy (non-hydrogen) atoms. The molecule has 6 heteroatoms. The van der Waals surface area contributed by atoms with Crippen LogP contribution in [-0.2, 0) is 0 Å². The molecule has 0 fully saturated rings. The average molecular weight is 292 g/mol. The lowest BCUT2D eigenvalue weighted by Gasteiger charge is -2.06. The Bertz CT molecular complexity index is 729. The average Bonchev–Trinajstić information content (AvgIpc) is 2.37. The van der Waals surface area contributed by atoms with Gasteiger partial charge in [0, 0.05) is 28.5 Å². The van der Waals surface area contributed by atoms with Crippen molar-refractivity contribution in [3.63, 3.8) is 0 Å². The summed E-state index contributed by atoms with van der Waals surface area (Å²) in [6.45, 7) is 0. The minimum Gasteiger partial charge on any atom is -0.439 e. The van der Waals surface area contributed by atoms with Gasteiger partial charge < -0.3 is 4.74 Å². The predicted molar refractivity (Wildman–Crippen MR) is 73.9 cm³/mol. The SMILES string of the molecule is Clc1cc(Cl)cc(Oc2ccc3nccnc3n2)c1. The van der Waals surface area contributed by atoms with Gasteiger partial charge in [0.15, 0.2) is 5.65 Å². The number of ether oxygens (including phenoxy) is 1. The lowest BCUT2D eigenvalue weighted by atomic mass is 10.3. The maximum absolute atomic E-state index is 5.90. The molecule has 1 aromatic carbocycles. The van der Waals surface area contributed by atoms with Crippen molar-refractivity contribution in [3.8, 4) is 11.6 Å². The van der Waals surface area contributed by atoms with Crippen LogP contribution in [0.2, 0.25) is 10.0 Å². The fourth-order valence-electron chi connectivity index (χ4n) is 1.60. The summed E-state index contributed by atoms with van der Waals surface area (Å²) in [5.74, 6) is 0.930. The van der Waals surface area contributed by atoms with E-state index in [1.807, 2.05) is 0 Å². The monoisotopic (exact) mass is 291 g/mol. The predicted octanol–water partition coefficient (Wildman–Crippen LogP) is 4.12. The molecule has 0 N–H and O–H groups in total. The van der Waals surface area contributed by atoms with E-state index in [0.29, 0.717) is 32.8 Å². The maximum Gasteiger partial charge on any atom is 0.221 e. The molecule has 0 aliphatic heterocycles. The van der Waals surface area contributed by atoms with Crippen LogP contribution in [0.5, 0.6) is 11.6 Å². The van der Waals surface area contributed by atoms with Crippen LogP contribution in [0.3, 0.4) is 0 Å². The highest BCUT2D eigenvalue weighted by Gasteiger charge is 2.04. The Morgan fingerprint density at radius 1 is 0.895 bits per heavy atom. The van der Waals surface area contributed by atoms with Gasteiger partial charge in [-0.3, -0.25) is 4.98 Å². The van der Waals surface area contributed by atoms with Gasteiger partial charge >= 0.3 is 0 Å². The molecular formula is C13H7Cl2N3O. The van der Waals surface area contributed by atoms with Crippen LogP contribution in [0.4, 0.5) is 0 Å². The quantitative estimate of drug-likeness (QED) is 0.712. The summed E-state index contributed by atoms with van der Waals surface area (Å²) in [7, 11) is 0. The molecule has 2 heterocycles. The summed E-state index contributed by atoms with van der Waals surface area (Å²) in [6.07, 6.45) is 3.19. The van der Waals surface area contributed by atoms with Crippen molar-refractivity contribution in [1.29, 1.82) is 0 Å². The minimum absolute atomic E-state index is 0.409. The molecule has 0 atom stereocenters. The second-order valence-electron chi connectivity index (χ2n) is 3.76. The molecule has 0 spiro atoms. The topological polar surface area (TPSA) is 47.9 Å². The van der Waals surface area contributed by atoms with E-state index in [1.165, 1.54) is 0 Å². The normalized spacial score (nSPS) is 10.6. The molecule has 94 valence electrons. The summed E-state index contributed by atoms with van der Waals surface area (Å²) in [6, 6.07) is 8.46. The number of pyridine rings is 1. The third-order valence-electron chi connectivity index (χ3n) is 2.36. The van der Waals surface area contributed by atoms with Crippen LogP contribution >= 0.6 is 23.2 Å². The summed E-state index contributed by atoms with van der Waals surface area (Å²) >= 11 is 11.8. The molecular weight excluding hydrogens is 285 g/mol. The Morgan fingerprint density at radius 3 is 2.42 bits per heavy atom. The Morgan fingerprint density at radius 2 is 1.63 bits per heavy atom. The Balaban J connectivity index is 1.96. The van der Waals surface area contributed by atoms with E-state index in [2.05, 4.69) is 15.0 Å². The molecule has 0 unspecified atom stereocenters. The molecule has 3 rings (SSSR count). The van der Waals surface area contributed by atoms with Gasteiger partial charge in [-0.2, -0.15) is 4.98 Å². The minimum atomic E-state index is 0.409. The van der Waals surface area contributed by atoms with Crippen molar-refractivity contribution >= 4 is 34.4 Å². The largest absolute Gasteiger partial charge is 0.439 e. The molecule has 0 bridgehead atoms. The van der Waals surface area contributed by atoms with E-state index in [0.717, 1.165) is 0 Å². The maximum atomic E-state index is 5.90. The van der Waals surface area contributed by atoms with Crippen molar-refractivity contribution in [2.75, 3.05) is 0 Å². The van der Waals surface area contributed by atoms with Crippen molar-refractivity contribution in [2.24, 2.45) is 0 Å². The molecule has 0 radical (unpaired) electrons. The number of rotatable bonds is 2. The van der Waals surface area contributed by atoms with Gasteiger partial charge in [-0.1, -0.05) is 23.2 Å². The number of hydrogen-bond donors (Lipinski definition) is 0. The first-order valence-corrected chi connectivity index (χ1v) is 6.18. The third kappa shape index (κ3) is 2.75. The molecule has 4 nitrogen and oxygen atoms in total. The summed E-state index contributed by atoms with van der Waals surface area (Å²) < 4.78 is 5.60. The lowest BCUT2D eigenvalue weighted by Crippen LogP contribution is -1.91. The zero-order valence-electron chi connectivity index (χ0n) is 9.55. The second-order valence-corrected chi connectivity index (χ2v) is 4.63. The number of aromatic nitrogens is 3. The van der Waals surface area contributed by atoms with Crippen LogP contribution in [0.1, 0.15) is 0 Å². The Kier molecular flexibility index (Phi) is 3.19. The van der Waals surface area contributed by atoms with Gasteiger partial charge in [-0.05, 0) is 24.3 Å². The highest BCUT2D eigenvalue weighted by Crippen LogP contribution is 2.27. The van der Waals surface area contributed by atoms with Crippen LogP contribution in [0.15, 0.2) is 42.7 Å². The van der Waals surface area contributed by atoms with Crippen LogP contribution in [0.25, 0.3) is 11.2 Å². The first kappa shape index (κ1) is 12.1. The summed E-state index contributed by atoms with van der Waals surface area (Å²) in [5.41, 5.74) is 1.23. The molecule has 2 aromatic heterocycles. The molecule has 0 amide bonds. The van der Waals surface area contributed by atoms with Gasteiger partial charge in [0.2, 0.25) is 5.88 Å². The zero-order chi connectivity index (χ0) is 13.2. The second kappa shape index (κ2) is 4.99. The van der Waals surface area contributed by atoms with Gasteiger partial charge in [-0.15, -0.1) is 0 Å². The zero-order valence-corrected chi connectivity index (χ0v) is 11.1. The van der Waals surface area contributed by atoms with E-state index >= 15 is 0 Å². The van der Waals surface area contributed by atoms with Gasteiger partial charge in [0.1, 0.15) is 11.3 Å². The highest BCUT2D eigenvalue weighted by molar-refractivity contribution is 6.34. The van der Waals surface area contributed by atoms with Crippen molar-refractivity contribution < 1.29 is 4.74 Å². The molecule has 0 saturated carbocycles. The Labute approximate surface area is 119 Å². The highest BCUT2D eigenvalue weighted by atomic mass is 35.5. The van der Waals surface area contributed by atoms with Gasteiger partial charge in [-0.25, -0.2) is 4.98 Å². The van der Waals surface area contributed by atoms with E-state index in [4.69, 9.17) is 27.9 Å². The van der Waals surface area contributed by atoms with Gasteiger partial charge in [0.05, 0.1) is 0 Å². The molecule has 3 aromatic rings. The van der Waals surface area contributed by atoms with E-state index in [1.54, 1.807) is 42.7 Å². The summed E-state index contributed by atoms with van der Waals surface area (Å²) in [5, 5.41) is 1.01. The molecule has 0 aliphatic carbocycles. The van der Waals surface area contributed by atoms with Crippen LogP contribution < -0.4 is 4.74 Å². The van der Waals surface area contributed by atoms with Crippen molar-refractivity contribution in [1.82, 2.24) is 15.0 Å². The smallest absolute Gasteiger partial charge is 0.221 e. The first-order chi connectivity index (χ1) is 9.20. The van der Waals surface area contributed by atoms with E-state index in [-0.39, 0.29) is 0 Å². The molecule has 0 aliphatic rings. The van der Waals surface area contributed by atoms with Gasteiger partial charge in [0.25, 0.3) is 0 Å². The number of halogens is 2. The summed E-state index contributed by atoms with van der Waals surface area (Å²) in [4.78, 5) is 12.5. The number of fused-ring (bicyclic) bond motifs is 1. The van der Waals surface area contributed by atoms with Crippen molar-refractivity contribution in [3.05, 3.63) is 52.8 Å². The fraction of sp³-hybridized carbons (Fsp3) is 0. The number of benzene rings is 1. The molecule has 0 saturated heterocycles. The van der Waals surface area contributed by atoms with Crippen LogP contribution in [-0.4, -0.2) is 15.0 Å². The van der Waals surface area contributed by atoms with Crippen molar-refractivity contribution in [2.45, 2.75) is 0 Å². The Hall–Kier alpha value is -1.91. The first-order valence-electron chi connectivity index (χ1n) is 5.42. The van der Waals surface area contributed by atoms with E-state index in [9.17, 15) is 0 Å². The number of hydrogen-bond acceptors (Lipinski definition) is 4. The third-order valence-corrected chi connectivity index (χ3v) is 2.80. The van der Waals surface area contributed by atoms with E-state index < -0.39 is 0 Å².